The molecule has 0 spiro atoms. The van der Waals surface area contributed by atoms with Gasteiger partial charge in [0.15, 0.2) is 0 Å². The van der Waals surface area contributed by atoms with Gasteiger partial charge in [-0.25, -0.2) is 0 Å². The Hall–Kier alpha value is 0.270. The van der Waals surface area contributed by atoms with Crippen LogP contribution in [0.25, 0.3) is 0 Å². The maximum absolute atomic E-state index is 10.3. The molecule has 0 aromatic rings. The highest BCUT2D eigenvalue weighted by Gasteiger charge is 2.24. The van der Waals surface area contributed by atoms with Gasteiger partial charge in [0, 0.05) is 13.2 Å². The largest absolute Gasteiger partial charge is 0.786 e. The third-order valence-corrected chi connectivity index (χ3v) is 5.35. The van der Waals surface area contributed by atoms with Crippen molar-refractivity contribution in [2.45, 2.75) is 92.9 Å². The quantitative estimate of drug-likeness (QED) is 0.257. The molecule has 0 aromatic carbocycles. The number of hydrogen-bond donors (Lipinski definition) is 0. The highest BCUT2D eigenvalue weighted by atomic mass is 31.2. The van der Waals surface area contributed by atoms with Crippen molar-refractivity contribution in [3.63, 3.8) is 0 Å². The van der Waals surface area contributed by atoms with Gasteiger partial charge in [-0.05, 0) is 39.5 Å². The van der Waals surface area contributed by atoms with Crippen LogP contribution in [-0.2, 0) is 9.05 Å². The van der Waals surface area contributed by atoms with Crippen LogP contribution in [-0.4, -0.2) is 43.9 Å². The lowest BCUT2D eigenvalue weighted by molar-refractivity contribution is -0.929. The van der Waals surface area contributed by atoms with Gasteiger partial charge in [0.2, 0.25) is 0 Å². The van der Waals surface area contributed by atoms with E-state index < -0.39 is 8.60 Å². The zero-order valence-corrected chi connectivity index (χ0v) is 18.9. The first-order valence-corrected chi connectivity index (χ1v) is 11.7. The van der Waals surface area contributed by atoms with Crippen molar-refractivity contribution < 1.29 is 18.4 Å². The Bertz CT molecular complexity index is 212. The van der Waals surface area contributed by atoms with Gasteiger partial charge in [-0.1, -0.05) is 53.4 Å². The predicted octanol–water partition coefficient (Wildman–Crippen LogP) is 5.65. The number of unbranched alkanes of at least 4 members (excludes halogenated alkanes) is 4. The van der Waals surface area contributed by atoms with E-state index in [-0.39, 0.29) is 0 Å². The summed E-state index contributed by atoms with van der Waals surface area (Å²) in [6, 6.07) is 0. The van der Waals surface area contributed by atoms with Crippen LogP contribution < -0.4 is 4.89 Å². The maximum Gasteiger partial charge on any atom is 0.0828 e. The van der Waals surface area contributed by atoms with Crippen LogP contribution in [0, 0.1) is 0 Å². The second kappa shape index (κ2) is 20.6. The minimum atomic E-state index is -1.83. The summed E-state index contributed by atoms with van der Waals surface area (Å²) in [5.41, 5.74) is 0. The number of quaternary nitrogens is 1. The molecule has 0 N–H and O–H groups in total. The fourth-order valence-corrected chi connectivity index (χ4v) is 3.39. The molecule has 4 nitrogen and oxygen atoms in total. The second-order valence-corrected chi connectivity index (χ2v) is 7.67. The van der Waals surface area contributed by atoms with Crippen molar-refractivity contribution >= 4 is 8.60 Å². The molecular weight excluding hydrogens is 333 g/mol. The smallest absolute Gasteiger partial charge is 0.0828 e. The van der Waals surface area contributed by atoms with E-state index in [9.17, 15) is 4.89 Å². The molecule has 0 aliphatic rings. The summed E-state index contributed by atoms with van der Waals surface area (Å²) in [5.74, 6) is 0. The van der Waals surface area contributed by atoms with Crippen LogP contribution in [0.1, 0.15) is 92.9 Å². The summed E-state index contributed by atoms with van der Waals surface area (Å²) >= 11 is 0. The Morgan fingerprint density at radius 1 is 0.600 bits per heavy atom. The molecule has 0 unspecified atom stereocenters. The van der Waals surface area contributed by atoms with Gasteiger partial charge in [0.25, 0.3) is 0 Å². The molecule has 0 heterocycles. The molecule has 154 valence electrons. The van der Waals surface area contributed by atoms with Crippen LogP contribution in [0.4, 0.5) is 0 Å². The van der Waals surface area contributed by atoms with E-state index in [1.165, 1.54) is 82.0 Å². The zero-order valence-electron chi connectivity index (χ0n) is 18.0. The summed E-state index contributed by atoms with van der Waals surface area (Å²) in [4.78, 5) is 10.3. The van der Waals surface area contributed by atoms with Crippen LogP contribution in [0.2, 0.25) is 0 Å². The number of hydrogen-bond acceptors (Lipinski definition) is 3. The Kier molecular flexibility index (Phi) is 22.6. The standard InChI is InChI=1S/C16H36N.C4H10O3P/c1-5-9-13-17(14-10-6-2,15-11-7-3)16-12-8-4;1-3-6-8(5)7-4-2/h5-16H2,1-4H3;3-4H2,1-2H3/q+1;-1. The van der Waals surface area contributed by atoms with E-state index in [1.807, 2.05) is 0 Å². The molecule has 0 aliphatic carbocycles. The van der Waals surface area contributed by atoms with Crippen molar-refractivity contribution in [1.82, 2.24) is 0 Å². The topological polar surface area (TPSA) is 41.5 Å². The normalized spacial score (nSPS) is 11.5. The van der Waals surface area contributed by atoms with Gasteiger partial charge < -0.3 is 18.4 Å². The van der Waals surface area contributed by atoms with E-state index in [0.717, 1.165) is 0 Å². The van der Waals surface area contributed by atoms with Crippen molar-refractivity contribution in [2.24, 2.45) is 0 Å². The average Bonchev–Trinajstić information content (AvgIpc) is 2.61. The molecule has 0 saturated heterocycles. The fraction of sp³-hybridized carbons (Fsp3) is 1.00. The van der Waals surface area contributed by atoms with Crippen LogP contribution >= 0.6 is 8.60 Å². The van der Waals surface area contributed by atoms with Crippen molar-refractivity contribution in [2.75, 3.05) is 39.4 Å². The van der Waals surface area contributed by atoms with Crippen molar-refractivity contribution in [3.05, 3.63) is 0 Å². The lowest BCUT2D eigenvalue weighted by atomic mass is 10.1. The van der Waals surface area contributed by atoms with Gasteiger partial charge in [-0.3, -0.25) is 0 Å². The van der Waals surface area contributed by atoms with Gasteiger partial charge >= 0.3 is 0 Å². The van der Waals surface area contributed by atoms with E-state index in [4.69, 9.17) is 0 Å². The molecule has 0 rings (SSSR count). The predicted molar refractivity (Wildman–Crippen MR) is 110 cm³/mol. The van der Waals surface area contributed by atoms with E-state index >= 15 is 0 Å². The summed E-state index contributed by atoms with van der Waals surface area (Å²) < 4.78 is 10.6. The fourth-order valence-electron chi connectivity index (χ4n) is 2.89. The monoisotopic (exact) mass is 379 g/mol. The van der Waals surface area contributed by atoms with Crippen LogP contribution in [0.5, 0.6) is 0 Å². The van der Waals surface area contributed by atoms with Gasteiger partial charge in [-0.2, -0.15) is 0 Å². The average molecular weight is 380 g/mol. The molecule has 0 radical (unpaired) electrons. The van der Waals surface area contributed by atoms with Gasteiger partial charge in [-0.15, -0.1) is 0 Å². The molecule has 0 fully saturated rings. The first-order chi connectivity index (χ1) is 12.1. The Morgan fingerprint density at radius 2 is 0.880 bits per heavy atom. The summed E-state index contributed by atoms with van der Waals surface area (Å²) in [6.07, 6.45) is 11.1. The molecule has 0 aliphatic heterocycles. The van der Waals surface area contributed by atoms with Crippen LogP contribution in [0.15, 0.2) is 0 Å². The lowest BCUT2D eigenvalue weighted by Crippen LogP contribution is -2.50. The van der Waals surface area contributed by atoms with E-state index in [1.54, 1.807) is 13.8 Å². The maximum atomic E-state index is 10.3. The molecule has 5 heteroatoms. The third kappa shape index (κ3) is 17.4. The highest BCUT2D eigenvalue weighted by molar-refractivity contribution is 7.39. The van der Waals surface area contributed by atoms with Gasteiger partial charge in [0.05, 0.1) is 34.8 Å². The first kappa shape index (κ1) is 27.5. The van der Waals surface area contributed by atoms with Crippen molar-refractivity contribution in [1.29, 1.82) is 0 Å². The summed E-state index contributed by atoms with van der Waals surface area (Å²) in [7, 11) is -1.83. The van der Waals surface area contributed by atoms with E-state index in [2.05, 4.69) is 36.7 Å². The van der Waals surface area contributed by atoms with E-state index in [0.29, 0.717) is 13.2 Å². The Balaban J connectivity index is 0. The van der Waals surface area contributed by atoms with Crippen LogP contribution in [0.3, 0.4) is 0 Å². The molecule has 25 heavy (non-hydrogen) atoms. The zero-order chi connectivity index (χ0) is 19.4. The molecule has 0 atom stereocenters. The Labute approximate surface area is 159 Å². The van der Waals surface area contributed by atoms with Crippen molar-refractivity contribution in [3.8, 4) is 0 Å². The molecule has 0 amide bonds. The molecule has 0 saturated carbocycles. The molecule has 0 aromatic heterocycles. The number of rotatable bonds is 16. The summed E-state index contributed by atoms with van der Waals surface area (Å²) in [6.45, 7) is 19.4. The summed E-state index contributed by atoms with van der Waals surface area (Å²) in [5, 5.41) is 0. The lowest BCUT2D eigenvalue weighted by Gasteiger charge is -2.39. The minimum Gasteiger partial charge on any atom is -0.786 e. The molecular formula is C20H46NO3P. The third-order valence-electron chi connectivity index (χ3n) is 4.41. The number of nitrogens with zero attached hydrogens (tertiary/aromatic N) is 1. The second-order valence-electron chi connectivity index (χ2n) is 6.71. The highest BCUT2D eigenvalue weighted by Crippen LogP contribution is 2.26. The minimum absolute atomic E-state index is 0.440. The molecule has 0 bridgehead atoms. The van der Waals surface area contributed by atoms with Gasteiger partial charge in [0.1, 0.15) is 0 Å². The SMILES string of the molecule is CCCC[N+](CCCC)(CCCC)CCCC.CCOP([O-])OCC. The Morgan fingerprint density at radius 3 is 1.08 bits per heavy atom. The first-order valence-electron chi connectivity index (χ1n) is 10.6.